The minimum absolute atomic E-state index is 0. The summed E-state index contributed by atoms with van der Waals surface area (Å²) < 4.78 is 0. The molecule has 0 unspecified atom stereocenters. The van der Waals surface area contributed by atoms with E-state index < -0.39 is 30.8 Å². The first kappa shape index (κ1) is 22.5. The van der Waals surface area contributed by atoms with Crippen molar-refractivity contribution >= 4 is 115 Å². The van der Waals surface area contributed by atoms with Gasteiger partial charge in [-0.15, -0.1) is 12.4 Å². The molecule has 0 saturated heterocycles. The van der Waals surface area contributed by atoms with Gasteiger partial charge in [-0.1, -0.05) is 0 Å². The van der Waals surface area contributed by atoms with Gasteiger partial charge in [-0.25, -0.2) is 0 Å². The molecule has 0 aliphatic rings. The summed E-state index contributed by atoms with van der Waals surface area (Å²) in [4.78, 5) is 0. The van der Waals surface area contributed by atoms with Gasteiger partial charge in [0.15, 0.2) is 0 Å². The molecule has 0 aromatic rings. The molecule has 0 atom stereocenters. The van der Waals surface area contributed by atoms with Crippen LogP contribution in [-0.2, 0) is 0 Å². The molecule has 28 valence electrons. The van der Waals surface area contributed by atoms with Crippen LogP contribution in [-0.4, -0.2) is 90.0 Å². The van der Waals surface area contributed by atoms with E-state index in [1.807, 2.05) is 0 Å². The Kier molecular flexibility index (Phi) is 85.9. The maximum atomic E-state index is 4.95. The van der Waals surface area contributed by atoms with E-state index in [9.17, 15) is 0 Å². The molecule has 0 aliphatic heterocycles. The van der Waals surface area contributed by atoms with Crippen molar-refractivity contribution in [1.29, 1.82) is 0 Å². The Morgan fingerprint density at radius 1 is 1.00 bits per heavy atom. The first-order chi connectivity index (χ1) is 1.41. The van der Waals surface area contributed by atoms with Crippen molar-refractivity contribution in [3.63, 3.8) is 0 Å². The molecule has 0 rings (SSSR count). The molecule has 0 aromatic carbocycles. The summed E-state index contributed by atoms with van der Waals surface area (Å²) in [6.45, 7) is 0. The van der Waals surface area contributed by atoms with Crippen LogP contribution in [0.1, 0.15) is 0 Å². The molecule has 0 aromatic heterocycles. The van der Waals surface area contributed by atoms with E-state index in [4.69, 9.17) is 12.8 Å². The van der Waals surface area contributed by atoms with Crippen LogP contribution in [0.4, 0.5) is 0 Å². The molecule has 0 heterocycles. The van der Waals surface area contributed by atoms with Crippen molar-refractivity contribution in [2.24, 2.45) is 0 Å². The van der Waals surface area contributed by atoms with Gasteiger partial charge in [-0.3, -0.25) is 0 Å². The van der Waals surface area contributed by atoms with Gasteiger partial charge in [0.25, 0.3) is 0 Å². The van der Waals surface area contributed by atoms with Crippen LogP contribution in [0.2, 0.25) is 0 Å². The van der Waals surface area contributed by atoms with Crippen molar-refractivity contribution < 1.29 is 0 Å². The predicted octanol–water partition coefficient (Wildman–Crippen LogP) is 0.123. The molecule has 0 nitrogen and oxygen atoms in total. The Bertz CT molecular complexity index is 8.75. The second kappa shape index (κ2) is 22.9. The molecule has 0 spiro atoms. The molecule has 6 heavy (non-hydrogen) atoms. The SMILES string of the molecule is Cl.[Cl][Ca][Cl].[NaH].[NaH]. The first-order valence-corrected chi connectivity index (χ1v) is 6.61. The zero-order valence-corrected chi connectivity index (χ0v) is 6.41. The van der Waals surface area contributed by atoms with Crippen molar-refractivity contribution in [2.45, 2.75) is 0 Å². The van der Waals surface area contributed by atoms with Gasteiger partial charge in [-0.05, 0) is 0 Å². The van der Waals surface area contributed by atoms with Crippen LogP contribution in [0.15, 0.2) is 0 Å². The molecule has 0 fully saturated rings. The Balaban J connectivity index is -0.00000000667. The average Bonchev–Trinajstić information content (AvgIpc) is 0.918. The molecule has 0 radical (unpaired) electrons. The Morgan fingerprint density at radius 2 is 1.00 bits per heavy atom. The van der Waals surface area contributed by atoms with E-state index >= 15 is 0 Å². The molecule has 0 amide bonds. The third-order valence-electron chi connectivity index (χ3n) is 0. The maximum absolute atomic E-state index is 4.95. The fraction of sp³-hybridized carbons (Fsp3) is 0. The van der Waals surface area contributed by atoms with E-state index in [2.05, 4.69) is 0 Å². The second-order valence-corrected chi connectivity index (χ2v) is 3.75. The Hall–Kier alpha value is 4.13. The summed E-state index contributed by atoms with van der Waals surface area (Å²) in [6.07, 6.45) is 9.90. The van der Waals surface area contributed by atoms with Crippen molar-refractivity contribution in [1.82, 2.24) is 0 Å². The zero-order chi connectivity index (χ0) is 2.71. The zero-order valence-electron chi connectivity index (χ0n) is 1.87. The van der Waals surface area contributed by atoms with E-state index in [1.54, 1.807) is 0 Å². The Labute approximate surface area is 112 Å². The molecule has 0 saturated carbocycles. The molecule has 0 N–H and O–H groups in total. The molecule has 0 aliphatic carbocycles. The van der Waals surface area contributed by atoms with Crippen LogP contribution in [0.5, 0.6) is 0 Å². The normalized spacial score (nSPS) is 1.67. The summed E-state index contributed by atoms with van der Waals surface area (Å²) >= 11 is -0.931. The van der Waals surface area contributed by atoms with Crippen molar-refractivity contribution in [3.8, 4) is 0 Å². The summed E-state index contributed by atoms with van der Waals surface area (Å²) in [5, 5.41) is 0. The minimum atomic E-state index is -0.931. The van der Waals surface area contributed by atoms with Crippen LogP contribution < -0.4 is 0 Å². The topological polar surface area (TPSA) is 0 Å². The van der Waals surface area contributed by atoms with Crippen LogP contribution in [0.3, 0.4) is 0 Å². The number of halogens is 3. The standard InChI is InChI=1S/Ca.3ClH.2Na.2H/h;3*1H;;;;/q+2;;;;;;;/p-2. The number of hydrogen-bond donors (Lipinski definition) is 0. The van der Waals surface area contributed by atoms with Gasteiger partial charge in [-0.2, -0.15) is 0 Å². The molecular weight excluding hydrogens is 192 g/mol. The molecular formula is H3CaCl3Na2. The third kappa shape index (κ3) is 24.2. The van der Waals surface area contributed by atoms with E-state index in [0.717, 1.165) is 0 Å². The molecule has 6 heteroatoms. The number of rotatable bonds is 0. The summed E-state index contributed by atoms with van der Waals surface area (Å²) in [6, 6.07) is 0. The molecule has 0 bridgehead atoms. The van der Waals surface area contributed by atoms with Gasteiger partial charge in [0, 0.05) is 0 Å². The number of hydrogen-bond acceptors (Lipinski definition) is 0. The van der Waals surface area contributed by atoms with Crippen LogP contribution in [0.25, 0.3) is 0 Å². The Morgan fingerprint density at radius 3 is 1.00 bits per heavy atom. The fourth-order valence-corrected chi connectivity index (χ4v) is 0. The van der Waals surface area contributed by atoms with Gasteiger partial charge < -0.3 is 0 Å². The summed E-state index contributed by atoms with van der Waals surface area (Å²) in [5.41, 5.74) is 0. The quantitative estimate of drug-likeness (QED) is 0.482. The third-order valence-corrected chi connectivity index (χ3v) is 0. The van der Waals surface area contributed by atoms with Gasteiger partial charge in [0.2, 0.25) is 0 Å². The van der Waals surface area contributed by atoms with Crippen molar-refractivity contribution in [3.05, 3.63) is 0 Å². The average molecular weight is 195 g/mol. The van der Waals surface area contributed by atoms with E-state index in [0.29, 0.717) is 0 Å². The fourth-order valence-electron chi connectivity index (χ4n) is 0. The monoisotopic (exact) mass is 194 g/mol. The first-order valence-electron chi connectivity index (χ1n) is 0.535. The van der Waals surface area contributed by atoms with Gasteiger partial charge in [0.05, 0.1) is 0 Å². The second-order valence-electron chi connectivity index (χ2n) is 0.101. The van der Waals surface area contributed by atoms with Gasteiger partial charge >= 0.3 is 103 Å². The van der Waals surface area contributed by atoms with Gasteiger partial charge in [0.1, 0.15) is 0 Å². The summed E-state index contributed by atoms with van der Waals surface area (Å²) in [5.74, 6) is 0. The van der Waals surface area contributed by atoms with Crippen LogP contribution in [0, 0.1) is 0 Å². The summed E-state index contributed by atoms with van der Waals surface area (Å²) in [7, 11) is 0. The van der Waals surface area contributed by atoms with Crippen LogP contribution >= 0.6 is 25.2 Å². The predicted molar refractivity (Wildman–Crippen MR) is 39.0 cm³/mol. The van der Waals surface area contributed by atoms with Crippen molar-refractivity contribution in [2.75, 3.05) is 0 Å². The van der Waals surface area contributed by atoms with E-state index in [1.165, 1.54) is 0 Å². The van der Waals surface area contributed by atoms with E-state index in [-0.39, 0.29) is 71.5 Å².